The summed E-state index contributed by atoms with van der Waals surface area (Å²) < 4.78 is 0.808. The molecule has 0 aromatic heterocycles. The predicted octanol–water partition coefficient (Wildman–Crippen LogP) is 3.43. The van der Waals surface area contributed by atoms with E-state index < -0.39 is 6.04 Å². The van der Waals surface area contributed by atoms with Crippen LogP contribution in [0, 0.1) is 6.92 Å². The van der Waals surface area contributed by atoms with Crippen molar-refractivity contribution < 1.29 is 9.59 Å². The molecular weight excluding hydrogens is 356 g/mol. The number of halogens is 2. The highest BCUT2D eigenvalue weighted by atomic mass is 79.9. The number of anilines is 1. The number of hydrogen-bond acceptors (Lipinski definition) is 2. The summed E-state index contributed by atoms with van der Waals surface area (Å²) in [4.78, 5) is 26.1. The minimum Gasteiger partial charge on any atom is -0.344 e. The Hall–Kier alpha value is -1.07. The SMILES string of the molecule is CCCC1NC(=O)CCN(c2cc(Cl)c(C)cc2Br)C1=O. The van der Waals surface area contributed by atoms with Crippen LogP contribution < -0.4 is 10.2 Å². The average molecular weight is 374 g/mol. The fourth-order valence-electron chi connectivity index (χ4n) is 2.41. The lowest BCUT2D eigenvalue weighted by atomic mass is 10.1. The molecule has 1 aromatic rings. The molecule has 2 amide bonds. The van der Waals surface area contributed by atoms with E-state index in [0.29, 0.717) is 30.1 Å². The second-order valence-corrected chi connectivity index (χ2v) is 6.46. The van der Waals surface area contributed by atoms with Gasteiger partial charge in [-0.3, -0.25) is 9.59 Å². The fraction of sp³-hybridized carbons (Fsp3) is 0.467. The molecule has 0 aliphatic carbocycles. The number of amides is 2. The Labute approximate surface area is 138 Å². The van der Waals surface area contributed by atoms with E-state index >= 15 is 0 Å². The van der Waals surface area contributed by atoms with Gasteiger partial charge in [0.15, 0.2) is 0 Å². The van der Waals surface area contributed by atoms with E-state index in [9.17, 15) is 9.59 Å². The third-order valence-electron chi connectivity index (χ3n) is 3.56. The van der Waals surface area contributed by atoms with Crippen molar-refractivity contribution in [3.05, 3.63) is 27.2 Å². The molecule has 2 rings (SSSR count). The number of hydrogen-bond donors (Lipinski definition) is 1. The van der Waals surface area contributed by atoms with Crippen LogP contribution in [0.4, 0.5) is 5.69 Å². The van der Waals surface area contributed by atoms with Crippen molar-refractivity contribution in [3.8, 4) is 0 Å². The van der Waals surface area contributed by atoms with Gasteiger partial charge in [-0.25, -0.2) is 0 Å². The molecule has 4 nitrogen and oxygen atoms in total. The van der Waals surface area contributed by atoms with Gasteiger partial charge < -0.3 is 10.2 Å². The lowest BCUT2D eigenvalue weighted by Gasteiger charge is -2.25. The van der Waals surface area contributed by atoms with Gasteiger partial charge in [0.25, 0.3) is 0 Å². The zero-order valence-electron chi connectivity index (χ0n) is 12.1. The van der Waals surface area contributed by atoms with Crippen molar-refractivity contribution in [1.29, 1.82) is 0 Å². The van der Waals surface area contributed by atoms with Crippen LogP contribution in [0.15, 0.2) is 16.6 Å². The summed E-state index contributed by atoms with van der Waals surface area (Å²) >= 11 is 9.66. The summed E-state index contributed by atoms with van der Waals surface area (Å²) in [5.41, 5.74) is 1.65. The lowest BCUT2D eigenvalue weighted by molar-refractivity contribution is -0.125. The van der Waals surface area contributed by atoms with Gasteiger partial charge in [-0.1, -0.05) is 24.9 Å². The van der Waals surface area contributed by atoms with Crippen LogP contribution in [0.25, 0.3) is 0 Å². The first kappa shape index (κ1) is 16.3. The first-order valence-electron chi connectivity index (χ1n) is 7.00. The van der Waals surface area contributed by atoms with E-state index in [4.69, 9.17) is 11.6 Å². The maximum absolute atomic E-state index is 12.7. The van der Waals surface area contributed by atoms with Crippen LogP contribution in [0.5, 0.6) is 0 Å². The second kappa shape index (κ2) is 6.79. The normalized spacial score (nSPS) is 19.4. The predicted molar refractivity (Wildman–Crippen MR) is 87.7 cm³/mol. The van der Waals surface area contributed by atoms with Gasteiger partial charge in [0, 0.05) is 22.5 Å². The average Bonchev–Trinajstić information content (AvgIpc) is 2.55. The number of carbonyl (C=O) groups is 2. The minimum atomic E-state index is -0.461. The van der Waals surface area contributed by atoms with Crippen molar-refractivity contribution in [1.82, 2.24) is 5.32 Å². The molecule has 0 radical (unpaired) electrons. The topological polar surface area (TPSA) is 49.4 Å². The van der Waals surface area contributed by atoms with E-state index in [-0.39, 0.29) is 11.8 Å². The van der Waals surface area contributed by atoms with Crippen LogP contribution in [0.1, 0.15) is 31.7 Å². The smallest absolute Gasteiger partial charge is 0.249 e. The maximum Gasteiger partial charge on any atom is 0.249 e. The van der Waals surface area contributed by atoms with Crippen LogP contribution in [0.3, 0.4) is 0 Å². The highest BCUT2D eigenvalue weighted by Crippen LogP contribution is 2.33. The Morgan fingerprint density at radius 3 is 2.81 bits per heavy atom. The van der Waals surface area contributed by atoms with E-state index in [0.717, 1.165) is 16.5 Å². The van der Waals surface area contributed by atoms with E-state index in [1.807, 2.05) is 19.9 Å². The Morgan fingerprint density at radius 2 is 2.14 bits per heavy atom. The third-order valence-corrected chi connectivity index (χ3v) is 4.60. The molecule has 114 valence electrons. The standard InChI is InChI=1S/C15H18BrClN2O2/c1-3-4-12-15(21)19(6-5-14(20)18-12)13-8-11(17)9(2)7-10(13)16/h7-8,12H,3-6H2,1-2H3,(H,18,20). The number of benzene rings is 1. The largest absolute Gasteiger partial charge is 0.344 e. The quantitative estimate of drug-likeness (QED) is 0.882. The first-order valence-corrected chi connectivity index (χ1v) is 8.17. The third kappa shape index (κ3) is 3.58. The lowest BCUT2D eigenvalue weighted by Crippen LogP contribution is -2.44. The van der Waals surface area contributed by atoms with Gasteiger partial charge in [0.05, 0.1) is 5.69 Å². The minimum absolute atomic E-state index is 0.0803. The molecule has 1 N–H and O–H groups in total. The monoisotopic (exact) mass is 372 g/mol. The molecule has 1 aliphatic heterocycles. The van der Waals surface area contributed by atoms with Gasteiger partial charge in [-0.05, 0) is 47.0 Å². The molecule has 0 spiro atoms. The first-order chi connectivity index (χ1) is 9.93. The summed E-state index contributed by atoms with van der Waals surface area (Å²) in [6, 6.07) is 3.20. The molecule has 1 fully saturated rings. The van der Waals surface area contributed by atoms with E-state index in [1.165, 1.54) is 0 Å². The second-order valence-electron chi connectivity index (χ2n) is 5.20. The Kier molecular flexibility index (Phi) is 5.27. The zero-order valence-corrected chi connectivity index (χ0v) is 14.4. The van der Waals surface area contributed by atoms with Crippen molar-refractivity contribution in [3.63, 3.8) is 0 Å². The molecule has 21 heavy (non-hydrogen) atoms. The number of aryl methyl sites for hydroxylation is 1. The van der Waals surface area contributed by atoms with Crippen molar-refractivity contribution >= 4 is 45.0 Å². The molecule has 1 saturated heterocycles. The van der Waals surface area contributed by atoms with Gasteiger partial charge in [0.2, 0.25) is 11.8 Å². The summed E-state index contributed by atoms with van der Waals surface area (Å²) in [5, 5.41) is 3.40. The van der Waals surface area contributed by atoms with E-state index in [2.05, 4.69) is 21.2 Å². The highest BCUT2D eigenvalue weighted by Gasteiger charge is 2.31. The summed E-state index contributed by atoms with van der Waals surface area (Å²) in [7, 11) is 0. The number of rotatable bonds is 3. The number of carbonyl (C=O) groups excluding carboxylic acids is 2. The number of nitrogens with one attached hydrogen (secondary N) is 1. The molecule has 1 atom stereocenters. The Balaban J connectivity index is 2.39. The molecule has 1 heterocycles. The number of nitrogens with zero attached hydrogens (tertiary/aromatic N) is 1. The van der Waals surface area contributed by atoms with Crippen LogP contribution in [0.2, 0.25) is 5.02 Å². The van der Waals surface area contributed by atoms with Gasteiger partial charge in [0.1, 0.15) is 6.04 Å². The molecule has 0 saturated carbocycles. The summed E-state index contributed by atoms with van der Waals surface area (Å²) in [5.74, 6) is -0.165. The van der Waals surface area contributed by atoms with Crippen LogP contribution in [-0.4, -0.2) is 24.4 Å². The molecule has 6 heteroatoms. The van der Waals surface area contributed by atoms with Gasteiger partial charge in [-0.15, -0.1) is 0 Å². The van der Waals surface area contributed by atoms with Crippen molar-refractivity contribution in [2.75, 3.05) is 11.4 Å². The fourth-order valence-corrected chi connectivity index (χ4v) is 3.24. The van der Waals surface area contributed by atoms with Gasteiger partial charge >= 0.3 is 0 Å². The summed E-state index contributed by atoms with van der Waals surface area (Å²) in [6.07, 6.45) is 1.77. The summed E-state index contributed by atoms with van der Waals surface area (Å²) in [6.45, 7) is 4.27. The molecule has 1 unspecified atom stereocenters. The van der Waals surface area contributed by atoms with E-state index in [1.54, 1.807) is 11.0 Å². The Morgan fingerprint density at radius 1 is 1.43 bits per heavy atom. The molecular formula is C15H18BrClN2O2. The molecule has 1 aliphatic rings. The van der Waals surface area contributed by atoms with Crippen molar-refractivity contribution in [2.24, 2.45) is 0 Å². The Bertz CT molecular complexity index is 577. The molecule has 1 aromatic carbocycles. The van der Waals surface area contributed by atoms with Crippen LogP contribution >= 0.6 is 27.5 Å². The zero-order chi connectivity index (χ0) is 15.6. The molecule has 0 bridgehead atoms. The van der Waals surface area contributed by atoms with Crippen molar-refractivity contribution in [2.45, 2.75) is 39.2 Å². The highest BCUT2D eigenvalue weighted by molar-refractivity contribution is 9.10. The maximum atomic E-state index is 12.7. The van der Waals surface area contributed by atoms with Gasteiger partial charge in [-0.2, -0.15) is 0 Å². The van der Waals surface area contributed by atoms with Crippen LogP contribution in [-0.2, 0) is 9.59 Å².